The molecule has 2 aromatic carbocycles. The second kappa shape index (κ2) is 9.37. The van der Waals surface area contributed by atoms with Gasteiger partial charge in [0.1, 0.15) is 12.2 Å². The van der Waals surface area contributed by atoms with Gasteiger partial charge in [0.2, 0.25) is 5.91 Å². The van der Waals surface area contributed by atoms with Crippen molar-refractivity contribution in [2.75, 3.05) is 11.9 Å². The number of aryl methyl sites for hydroxylation is 2. The van der Waals surface area contributed by atoms with E-state index in [1.807, 2.05) is 49.6 Å². The van der Waals surface area contributed by atoms with E-state index in [4.69, 9.17) is 23.2 Å². The second-order valence-electron chi connectivity index (χ2n) is 8.03. The first-order valence-corrected chi connectivity index (χ1v) is 11.3. The second-order valence-corrected chi connectivity index (χ2v) is 8.82. The molecule has 174 valence electrons. The number of carbonyl (C=O) groups is 3. The summed E-state index contributed by atoms with van der Waals surface area (Å²) in [6.45, 7) is 5.29. The Morgan fingerprint density at radius 3 is 2.53 bits per heavy atom. The fraction of sp³-hybridized carbons (Fsp3) is 0.160. The molecule has 0 unspecified atom stereocenters. The zero-order valence-corrected chi connectivity index (χ0v) is 20.3. The normalized spacial score (nSPS) is 14.6. The van der Waals surface area contributed by atoms with Crippen LogP contribution in [-0.2, 0) is 9.59 Å². The summed E-state index contributed by atoms with van der Waals surface area (Å²) in [6, 6.07) is 13.9. The molecule has 1 saturated heterocycles. The maximum atomic E-state index is 12.9. The lowest BCUT2D eigenvalue weighted by molar-refractivity contribution is -0.127. The lowest BCUT2D eigenvalue weighted by Gasteiger charge is -2.12. The highest BCUT2D eigenvalue weighted by molar-refractivity contribution is 6.43. The summed E-state index contributed by atoms with van der Waals surface area (Å²) in [7, 11) is 0. The van der Waals surface area contributed by atoms with Crippen LogP contribution in [-0.4, -0.2) is 33.9 Å². The average Bonchev–Trinajstić information content (AvgIpc) is 3.19. The first kappa shape index (κ1) is 23.6. The van der Waals surface area contributed by atoms with Gasteiger partial charge in [-0.1, -0.05) is 41.4 Å². The zero-order chi connectivity index (χ0) is 24.6. The highest BCUT2D eigenvalue weighted by Crippen LogP contribution is 2.32. The Hall–Kier alpha value is -3.55. The van der Waals surface area contributed by atoms with Crippen molar-refractivity contribution in [3.8, 4) is 5.69 Å². The lowest BCUT2D eigenvalue weighted by atomic mass is 10.2. The van der Waals surface area contributed by atoms with Gasteiger partial charge in [-0.05, 0) is 68.3 Å². The Balaban J connectivity index is 1.56. The van der Waals surface area contributed by atoms with E-state index in [0.717, 1.165) is 27.4 Å². The maximum absolute atomic E-state index is 12.9. The Bertz CT molecular complexity index is 1360. The van der Waals surface area contributed by atoms with Crippen LogP contribution in [0.3, 0.4) is 0 Å². The predicted octanol–water partition coefficient (Wildman–Crippen LogP) is 5.24. The Labute approximate surface area is 207 Å². The van der Waals surface area contributed by atoms with Crippen molar-refractivity contribution in [2.45, 2.75) is 20.8 Å². The van der Waals surface area contributed by atoms with E-state index in [1.54, 1.807) is 30.3 Å². The highest BCUT2D eigenvalue weighted by atomic mass is 35.5. The van der Waals surface area contributed by atoms with Gasteiger partial charge in [-0.25, -0.2) is 9.69 Å². The third-order valence-electron chi connectivity index (χ3n) is 5.51. The van der Waals surface area contributed by atoms with Crippen LogP contribution in [0.15, 0.2) is 54.2 Å². The summed E-state index contributed by atoms with van der Waals surface area (Å²) < 4.78 is 1.93. The molecule has 34 heavy (non-hydrogen) atoms. The number of hydrogen-bond acceptors (Lipinski definition) is 3. The topological polar surface area (TPSA) is 83.4 Å². The molecule has 9 heteroatoms. The van der Waals surface area contributed by atoms with Gasteiger partial charge in [0.15, 0.2) is 0 Å². The monoisotopic (exact) mass is 496 g/mol. The molecule has 4 amide bonds. The van der Waals surface area contributed by atoms with Crippen molar-refractivity contribution in [2.24, 2.45) is 0 Å². The lowest BCUT2D eigenvalue weighted by Crippen LogP contribution is -2.38. The molecule has 0 aliphatic carbocycles. The number of halogens is 2. The summed E-state index contributed by atoms with van der Waals surface area (Å²) in [5.74, 6) is -1.04. The number of imide groups is 1. The van der Waals surface area contributed by atoms with E-state index >= 15 is 0 Å². The fourth-order valence-corrected chi connectivity index (χ4v) is 4.29. The van der Waals surface area contributed by atoms with Crippen molar-refractivity contribution in [1.82, 2.24) is 14.8 Å². The molecule has 2 N–H and O–H groups in total. The molecule has 0 saturated carbocycles. The summed E-state index contributed by atoms with van der Waals surface area (Å²) in [5.41, 5.74) is 4.79. The quantitative estimate of drug-likeness (QED) is 0.374. The smallest absolute Gasteiger partial charge is 0.325 e. The Morgan fingerprint density at radius 2 is 1.79 bits per heavy atom. The van der Waals surface area contributed by atoms with Crippen molar-refractivity contribution >= 4 is 52.8 Å². The first-order chi connectivity index (χ1) is 16.2. The molecule has 0 atom stereocenters. The number of amides is 4. The van der Waals surface area contributed by atoms with Crippen LogP contribution >= 0.6 is 23.2 Å². The Kier molecular flexibility index (Phi) is 6.50. The van der Waals surface area contributed by atoms with E-state index in [9.17, 15) is 14.4 Å². The molecule has 7 nitrogen and oxygen atoms in total. The molecule has 0 radical (unpaired) electrons. The number of nitrogens with one attached hydrogen (secondary N) is 2. The van der Waals surface area contributed by atoms with E-state index in [0.29, 0.717) is 21.4 Å². The van der Waals surface area contributed by atoms with Gasteiger partial charge < -0.3 is 15.2 Å². The first-order valence-electron chi connectivity index (χ1n) is 10.5. The van der Waals surface area contributed by atoms with Gasteiger partial charge in [-0.15, -0.1) is 0 Å². The molecule has 3 aromatic rings. The van der Waals surface area contributed by atoms with Crippen LogP contribution in [0, 0.1) is 20.8 Å². The number of aromatic nitrogens is 1. The molecule has 1 aromatic heterocycles. The van der Waals surface area contributed by atoms with Crippen molar-refractivity contribution in [3.63, 3.8) is 0 Å². The largest absolute Gasteiger partial charge is 0.329 e. The van der Waals surface area contributed by atoms with Crippen LogP contribution in [0.2, 0.25) is 10.0 Å². The average molecular weight is 497 g/mol. The number of urea groups is 1. The summed E-state index contributed by atoms with van der Waals surface area (Å²) >= 11 is 12.6. The molecule has 1 aliphatic rings. The van der Waals surface area contributed by atoms with Crippen molar-refractivity contribution in [1.29, 1.82) is 0 Å². The van der Waals surface area contributed by atoms with Crippen LogP contribution in [0.4, 0.5) is 10.5 Å². The molecule has 4 rings (SSSR count). The predicted molar refractivity (Wildman–Crippen MR) is 133 cm³/mol. The van der Waals surface area contributed by atoms with Crippen molar-refractivity contribution in [3.05, 3.63) is 86.8 Å². The molecular formula is C25H22Cl2N4O3. The SMILES string of the molecule is Cc1cccc(NC(=O)CN2C(=O)N/C(=C/c3cc(C)n(-c4cccc(Cl)c4Cl)c3C)C2=O)c1. The number of carbonyl (C=O) groups excluding carboxylic acids is 3. The zero-order valence-electron chi connectivity index (χ0n) is 18.8. The standard InChI is InChI=1S/C25H22Cl2N4O3/c1-14-6-4-7-18(10-14)28-22(32)13-30-24(33)20(29-25(30)34)12-17-11-15(2)31(16(17)3)21-9-5-8-19(26)23(21)27/h4-12H,13H2,1-3H3,(H,28,32)(H,29,34)/b20-12+. The minimum absolute atomic E-state index is 0.0887. The van der Waals surface area contributed by atoms with E-state index in [-0.39, 0.29) is 5.70 Å². The number of rotatable bonds is 5. The summed E-state index contributed by atoms with van der Waals surface area (Å²) in [4.78, 5) is 38.6. The summed E-state index contributed by atoms with van der Waals surface area (Å²) in [6.07, 6.45) is 1.59. The number of hydrogen-bond donors (Lipinski definition) is 2. The molecule has 1 fully saturated rings. The Morgan fingerprint density at radius 1 is 1.06 bits per heavy atom. The van der Waals surface area contributed by atoms with Crippen LogP contribution in [0.25, 0.3) is 11.8 Å². The van der Waals surface area contributed by atoms with Gasteiger partial charge in [0.25, 0.3) is 5.91 Å². The van der Waals surface area contributed by atoms with E-state index in [2.05, 4.69) is 10.6 Å². The third kappa shape index (κ3) is 4.58. The van der Waals surface area contributed by atoms with Crippen LogP contribution in [0.1, 0.15) is 22.5 Å². The van der Waals surface area contributed by atoms with Gasteiger partial charge in [0, 0.05) is 17.1 Å². The van der Waals surface area contributed by atoms with Crippen LogP contribution < -0.4 is 10.6 Å². The van der Waals surface area contributed by atoms with Gasteiger partial charge in [-0.3, -0.25) is 9.59 Å². The summed E-state index contributed by atoms with van der Waals surface area (Å²) in [5, 5.41) is 6.12. The van der Waals surface area contributed by atoms with Gasteiger partial charge in [-0.2, -0.15) is 0 Å². The van der Waals surface area contributed by atoms with E-state index in [1.165, 1.54) is 0 Å². The minimum atomic E-state index is -0.651. The maximum Gasteiger partial charge on any atom is 0.329 e. The fourth-order valence-electron chi connectivity index (χ4n) is 3.91. The van der Waals surface area contributed by atoms with Crippen LogP contribution in [0.5, 0.6) is 0 Å². The molecule has 2 heterocycles. The van der Waals surface area contributed by atoms with Gasteiger partial charge >= 0.3 is 6.03 Å². The molecular weight excluding hydrogens is 475 g/mol. The number of nitrogens with zero attached hydrogens (tertiary/aromatic N) is 2. The highest BCUT2D eigenvalue weighted by Gasteiger charge is 2.35. The van der Waals surface area contributed by atoms with Gasteiger partial charge in [0.05, 0.1) is 15.7 Å². The number of benzene rings is 2. The van der Waals surface area contributed by atoms with Crippen molar-refractivity contribution < 1.29 is 14.4 Å². The molecule has 1 aliphatic heterocycles. The molecule has 0 spiro atoms. The number of anilines is 1. The molecule has 0 bridgehead atoms. The van der Waals surface area contributed by atoms with E-state index < -0.39 is 24.4 Å². The third-order valence-corrected chi connectivity index (χ3v) is 6.32. The minimum Gasteiger partial charge on any atom is -0.325 e.